The summed E-state index contributed by atoms with van der Waals surface area (Å²) in [7, 11) is 0. The highest BCUT2D eigenvalue weighted by Gasteiger charge is 2.15. The number of nitrogens with zero attached hydrogens (tertiary/aromatic N) is 2. The average molecular weight is 439 g/mol. The van der Waals surface area contributed by atoms with E-state index in [-0.39, 0.29) is 11.3 Å². The van der Waals surface area contributed by atoms with Gasteiger partial charge in [-0.2, -0.15) is 5.26 Å². The number of aromatic carboxylic acids is 1. The maximum atomic E-state index is 12.8. The molecular weight excluding hydrogens is 418 g/mol. The zero-order chi connectivity index (χ0) is 23.4. The Hall–Kier alpha value is -4.57. The predicted molar refractivity (Wildman–Crippen MR) is 125 cm³/mol. The lowest BCUT2D eigenvalue weighted by Crippen LogP contribution is -2.14. The van der Waals surface area contributed by atoms with E-state index in [1.54, 1.807) is 12.1 Å². The van der Waals surface area contributed by atoms with Crippen LogP contribution in [0.5, 0.6) is 0 Å². The van der Waals surface area contributed by atoms with Gasteiger partial charge in [0.1, 0.15) is 17.4 Å². The van der Waals surface area contributed by atoms with Gasteiger partial charge in [0.2, 0.25) is 5.76 Å². The number of fused-ring (bicyclic) bond motifs is 1. The third kappa shape index (κ3) is 4.55. The maximum Gasteiger partial charge on any atom is 0.371 e. The van der Waals surface area contributed by atoms with Crippen LogP contribution in [0.3, 0.4) is 0 Å². The summed E-state index contributed by atoms with van der Waals surface area (Å²) in [6, 6.07) is 20.1. The minimum atomic E-state index is -1.13. The number of aryl methyl sites for hydroxylation is 1. The summed E-state index contributed by atoms with van der Waals surface area (Å²) in [5, 5.41) is 22.4. The van der Waals surface area contributed by atoms with Crippen LogP contribution in [0.4, 0.5) is 5.69 Å². The monoisotopic (exact) mass is 439 g/mol. The molecule has 0 aliphatic rings. The van der Waals surface area contributed by atoms with Gasteiger partial charge in [0.25, 0.3) is 5.91 Å². The van der Waals surface area contributed by atoms with Crippen LogP contribution in [0, 0.1) is 11.3 Å². The summed E-state index contributed by atoms with van der Waals surface area (Å²) >= 11 is 0. The minimum Gasteiger partial charge on any atom is -0.475 e. The van der Waals surface area contributed by atoms with Gasteiger partial charge in [0.15, 0.2) is 0 Å². The largest absolute Gasteiger partial charge is 0.475 e. The zero-order valence-corrected chi connectivity index (χ0v) is 17.9. The first kappa shape index (κ1) is 21.7. The summed E-state index contributed by atoms with van der Waals surface area (Å²) in [6.07, 6.45) is 4.14. The molecular formula is C26H21N3O4. The number of aromatic nitrogens is 1. The van der Waals surface area contributed by atoms with E-state index in [0.29, 0.717) is 23.6 Å². The average Bonchev–Trinajstić information content (AvgIpc) is 3.43. The number of nitrogens with one attached hydrogen (secondary N) is 1. The van der Waals surface area contributed by atoms with Crippen molar-refractivity contribution in [2.75, 3.05) is 5.32 Å². The van der Waals surface area contributed by atoms with Crippen molar-refractivity contribution in [3.05, 3.63) is 95.1 Å². The third-order valence-electron chi connectivity index (χ3n) is 5.33. The van der Waals surface area contributed by atoms with Crippen molar-refractivity contribution in [2.24, 2.45) is 0 Å². The molecule has 0 saturated heterocycles. The molecule has 0 radical (unpaired) electrons. The lowest BCUT2D eigenvalue weighted by Gasteiger charge is -2.08. The number of carboxylic acid groups (broad SMARTS) is 1. The Kier molecular flexibility index (Phi) is 6.09. The molecule has 2 N–H and O–H groups in total. The van der Waals surface area contributed by atoms with E-state index >= 15 is 0 Å². The second-order valence-electron chi connectivity index (χ2n) is 7.44. The van der Waals surface area contributed by atoms with Gasteiger partial charge < -0.3 is 19.4 Å². The van der Waals surface area contributed by atoms with Crippen LogP contribution < -0.4 is 5.32 Å². The highest BCUT2D eigenvalue weighted by molar-refractivity contribution is 6.11. The van der Waals surface area contributed by atoms with Crippen molar-refractivity contribution in [3.63, 3.8) is 0 Å². The first-order valence-corrected chi connectivity index (χ1v) is 10.4. The van der Waals surface area contributed by atoms with Gasteiger partial charge in [0, 0.05) is 28.4 Å². The fourth-order valence-electron chi connectivity index (χ4n) is 3.71. The van der Waals surface area contributed by atoms with Gasteiger partial charge in [0.05, 0.1) is 6.54 Å². The van der Waals surface area contributed by atoms with E-state index in [4.69, 9.17) is 9.52 Å². The summed E-state index contributed by atoms with van der Waals surface area (Å²) in [5.74, 6) is -1.25. The SMILES string of the molecule is CCc1ccccc1NC(=O)/C(C#N)=C\c1cn(Cc2ccc(C(=O)O)o2)c2ccccc12. The van der Waals surface area contributed by atoms with Gasteiger partial charge in [-0.3, -0.25) is 4.79 Å². The van der Waals surface area contributed by atoms with Crippen molar-refractivity contribution in [3.8, 4) is 6.07 Å². The lowest BCUT2D eigenvalue weighted by atomic mass is 10.1. The molecule has 4 aromatic rings. The number of nitriles is 1. The van der Waals surface area contributed by atoms with Crippen LogP contribution in [-0.4, -0.2) is 21.6 Å². The minimum absolute atomic E-state index is 0.0185. The number of hydrogen-bond acceptors (Lipinski definition) is 4. The van der Waals surface area contributed by atoms with Gasteiger partial charge in [-0.05, 0) is 42.3 Å². The van der Waals surface area contributed by atoms with E-state index < -0.39 is 11.9 Å². The standard InChI is InChI=1S/C26H21N3O4/c1-2-17-7-3-5-9-22(17)28-25(30)18(14-27)13-19-15-29(23-10-6-4-8-21(19)23)16-20-11-12-24(33-20)26(31)32/h3-13,15H,2,16H2,1H3,(H,28,30)(H,31,32)/b18-13-. The predicted octanol–water partition coefficient (Wildman–Crippen LogP) is 5.09. The second-order valence-corrected chi connectivity index (χ2v) is 7.44. The molecule has 0 aliphatic heterocycles. The molecule has 0 aliphatic carbocycles. The topological polar surface area (TPSA) is 108 Å². The molecule has 7 heteroatoms. The summed E-state index contributed by atoms with van der Waals surface area (Å²) in [4.78, 5) is 23.9. The summed E-state index contributed by atoms with van der Waals surface area (Å²) in [6.45, 7) is 2.30. The van der Waals surface area contributed by atoms with Gasteiger partial charge >= 0.3 is 5.97 Å². The number of rotatable bonds is 7. The fourth-order valence-corrected chi connectivity index (χ4v) is 3.71. The van der Waals surface area contributed by atoms with Crippen molar-refractivity contribution in [2.45, 2.75) is 19.9 Å². The van der Waals surface area contributed by atoms with Gasteiger partial charge in [-0.25, -0.2) is 4.79 Å². The van der Waals surface area contributed by atoms with Gasteiger partial charge in [-0.1, -0.05) is 43.3 Å². The quantitative estimate of drug-likeness (QED) is 0.308. The molecule has 33 heavy (non-hydrogen) atoms. The molecule has 7 nitrogen and oxygen atoms in total. The van der Waals surface area contributed by atoms with Crippen LogP contribution in [0.25, 0.3) is 17.0 Å². The molecule has 2 aromatic carbocycles. The molecule has 1 amide bonds. The van der Waals surface area contributed by atoms with Crippen LogP contribution in [0.2, 0.25) is 0 Å². The number of anilines is 1. The number of amides is 1. The number of para-hydroxylation sites is 2. The fraction of sp³-hybridized carbons (Fsp3) is 0.115. The Morgan fingerprint density at radius 2 is 1.88 bits per heavy atom. The smallest absolute Gasteiger partial charge is 0.371 e. The van der Waals surface area contributed by atoms with E-state index in [2.05, 4.69) is 5.32 Å². The van der Waals surface area contributed by atoms with Gasteiger partial charge in [-0.15, -0.1) is 0 Å². The molecule has 2 aromatic heterocycles. The third-order valence-corrected chi connectivity index (χ3v) is 5.33. The molecule has 0 saturated carbocycles. The molecule has 4 rings (SSSR count). The Labute approximate surface area is 190 Å². The zero-order valence-electron chi connectivity index (χ0n) is 17.9. The Balaban J connectivity index is 1.67. The van der Waals surface area contributed by atoms with Crippen LogP contribution >= 0.6 is 0 Å². The Bertz CT molecular complexity index is 1420. The van der Waals surface area contributed by atoms with E-state index in [1.807, 2.05) is 72.3 Å². The van der Waals surface area contributed by atoms with Crippen molar-refractivity contribution >= 4 is 34.5 Å². The highest BCUT2D eigenvalue weighted by atomic mass is 16.4. The van der Waals surface area contributed by atoms with Crippen LogP contribution in [0.1, 0.15) is 34.4 Å². The molecule has 0 unspecified atom stereocenters. The van der Waals surface area contributed by atoms with E-state index in [1.165, 1.54) is 6.07 Å². The van der Waals surface area contributed by atoms with E-state index in [0.717, 1.165) is 22.9 Å². The summed E-state index contributed by atoms with van der Waals surface area (Å²) < 4.78 is 7.28. The first-order valence-electron chi connectivity index (χ1n) is 10.4. The van der Waals surface area contributed by atoms with Crippen LogP contribution in [-0.2, 0) is 17.8 Å². The molecule has 0 fully saturated rings. The second kappa shape index (κ2) is 9.28. The Morgan fingerprint density at radius 1 is 1.12 bits per heavy atom. The van der Waals surface area contributed by atoms with Crippen molar-refractivity contribution in [1.29, 1.82) is 5.26 Å². The highest BCUT2D eigenvalue weighted by Crippen LogP contribution is 2.25. The molecule has 0 bridgehead atoms. The molecule has 0 atom stereocenters. The number of carbonyl (C=O) groups is 2. The first-order chi connectivity index (χ1) is 16.0. The summed E-state index contributed by atoms with van der Waals surface area (Å²) in [5.41, 5.74) is 3.21. The van der Waals surface area contributed by atoms with Crippen molar-refractivity contribution in [1.82, 2.24) is 4.57 Å². The molecule has 164 valence electrons. The number of benzene rings is 2. The van der Waals surface area contributed by atoms with E-state index in [9.17, 15) is 14.9 Å². The van der Waals surface area contributed by atoms with Crippen LogP contribution in [0.15, 0.2) is 76.9 Å². The number of carboxylic acids is 1. The normalized spacial score (nSPS) is 11.3. The lowest BCUT2D eigenvalue weighted by molar-refractivity contribution is -0.112. The number of furan rings is 1. The van der Waals surface area contributed by atoms with Crippen molar-refractivity contribution < 1.29 is 19.1 Å². The molecule has 2 heterocycles. The number of hydrogen-bond donors (Lipinski definition) is 2. The Morgan fingerprint density at radius 3 is 2.61 bits per heavy atom. The molecule has 0 spiro atoms. The maximum absolute atomic E-state index is 12.8. The number of carbonyl (C=O) groups excluding carboxylic acids is 1.